The molecule has 1 atom stereocenters. The minimum Gasteiger partial charge on any atom is -0.383 e. The van der Waals surface area contributed by atoms with Crippen LogP contribution in [0.5, 0.6) is 0 Å². The van der Waals surface area contributed by atoms with Crippen molar-refractivity contribution >= 4 is 11.3 Å². The van der Waals surface area contributed by atoms with Crippen LogP contribution >= 0.6 is 11.3 Å². The minimum absolute atomic E-state index is 0.296. The molecule has 0 aromatic carbocycles. The fourth-order valence-electron chi connectivity index (χ4n) is 2.06. The van der Waals surface area contributed by atoms with Gasteiger partial charge in [-0.3, -0.25) is 0 Å². The molecule has 1 nitrogen and oxygen atoms in total. The van der Waals surface area contributed by atoms with Gasteiger partial charge in [0.1, 0.15) is 0 Å². The number of thiophene rings is 1. The largest absolute Gasteiger partial charge is 0.414 e. The molecule has 1 aliphatic carbocycles. The molecule has 1 unspecified atom stereocenters. The summed E-state index contributed by atoms with van der Waals surface area (Å²) < 4.78 is 36.7. The Balaban J connectivity index is 2.13. The quantitative estimate of drug-likeness (QED) is 0.855. The first kappa shape index (κ1) is 11.9. The maximum Gasteiger partial charge on any atom is 0.414 e. The SMILES string of the molecule is OC(Cc1csc2c1CCCC2)C(F)(F)F. The van der Waals surface area contributed by atoms with E-state index in [0.717, 1.165) is 31.2 Å². The van der Waals surface area contributed by atoms with Crippen LogP contribution in [0.1, 0.15) is 28.8 Å². The van der Waals surface area contributed by atoms with E-state index in [0.29, 0.717) is 5.56 Å². The van der Waals surface area contributed by atoms with Crippen LogP contribution in [0.2, 0.25) is 0 Å². The highest BCUT2D eigenvalue weighted by Gasteiger charge is 2.38. The molecule has 0 bridgehead atoms. The summed E-state index contributed by atoms with van der Waals surface area (Å²) in [6, 6.07) is 0. The summed E-state index contributed by atoms with van der Waals surface area (Å²) in [4.78, 5) is 1.20. The summed E-state index contributed by atoms with van der Waals surface area (Å²) in [5.74, 6) is 0. The Morgan fingerprint density at radius 2 is 2.00 bits per heavy atom. The Labute approximate surface area is 95.9 Å². The first-order valence-electron chi connectivity index (χ1n) is 5.31. The third-order valence-corrected chi connectivity index (χ3v) is 4.08. The standard InChI is InChI=1S/C11H13F3OS/c12-11(13,14)10(15)5-7-6-16-9-4-2-1-3-8(7)9/h6,10,15H,1-5H2. The number of halogens is 3. The van der Waals surface area contributed by atoms with Crippen molar-refractivity contribution in [3.63, 3.8) is 0 Å². The highest BCUT2D eigenvalue weighted by Crippen LogP contribution is 2.32. The number of alkyl halides is 3. The molecule has 0 radical (unpaired) electrons. The normalized spacial score (nSPS) is 18.2. The first-order chi connectivity index (χ1) is 7.48. The van der Waals surface area contributed by atoms with E-state index in [1.54, 1.807) is 5.38 Å². The fourth-order valence-corrected chi connectivity index (χ4v) is 3.22. The van der Waals surface area contributed by atoms with Crippen molar-refractivity contribution in [3.05, 3.63) is 21.4 Å². The number of aryl methyl sites for hydroxylation is 1. The van der Waals surface area contributed by atoms with E-state index < -0.39 is 12.3 Å². The minimum atomic E-state index is -4.51. The molecule has 0 saturated carbocycles. The Morgan fingerprint density at radius 1 is 1.31 bits per heavy atom. The second kappa shape index (κ2) is 4.37. The summed E-state index contributed by atoms with van der Waals surface area (Å²) in [5, 5.41) is 10.8. The van der Waals surface area contributed by atoms with Crippen molar-refractivity contribution in [2.75, 3.05) is 0 Å². The fraction of sp³-hybridized carbons (Fsp3) is 0.636. The van der Waals surface area contributed by atoms with Gasteiger partial charge in [-0.25, -0.2) is 0 Å². The third-order valence-electron chi connectivity index (χ3n) is 2.94. The number of hydrogen-bond donors (Lipinski definition) is 1. The van der Waals surface area contributed by atoms with Crippen LogP contribution in [0.25, 0.3) is 0 Å². The summed E-state index contributed by atoms with van der Waals surface area (Å²) >= 11 is 1.53. The van der Waals surface area contributed by atoms with E-state index in [4.69, 9.17) is 5.11 Å². The Kier molecular flexibility index (Phi) is 3.26. The molecule has 0 amide bonds. The van der Waals surface area contributed by atoms with E-state index in [1.165, 1.54) is 16.2 Å². The number of aliphatic hydroxyl groups is 1. The van der Waals surface area contributed by atoms with Gasteiger partial charge in [-0.1, -0.05) is 0 Å². The number of fused-ring (bicyclic) bond motifs is 1. The van der Waals surface area contributed by atoms with E-state index in [1.807, 2.05) is 0 Å². The van der Waals surface area contributed by atoms with Crippen LogP contribution in [-0.2, 0) is 19.3 Å². The summed E-state index contributed by atoms with van der Waals surface area (Å²) in [5.41, 5.74) is 1.74. The zero-order valence-electron chi connectivity index (χ0n) is 8.68. The van der Waals surface area contributed by atoms with Gasteiger partial charge in [0.25, 0.3) is 0 Å². The highest BCUT2D eigenvalue weighted by molar-refractivity contribution is 7.10. The smallest absolute Gasteiger partial charge is 0.383 e. The molecule has 2 rings (SSSR count). The van der Waals surface area contributed by atoms with E-state index in [2.05, 4.69) is 0 Å². The lowest BCUT2D eigenvalue weighted by Crippen LogP contribution is -2.30. The van der Waals surface area contributed by atoms with Crippen molar-refractivity contribution in [2.45, 2.75) is 44.4 Å². The molecule has 5 heteroatoms. The van der Waals surface area contributed by atoms with Crippen LogP contribution < -0.4 is 0 Å². The van der Waals surface area contributed by atoms with Crippen molar-refractivity contribution in [1.29, 1.82) is 0 Å². The van der Waals surface area contributed by atoms with E-state index in [9.17, 15) is 13.2 Å². The zero-order valence-corrected chi connectivity index (χ0v) is 9.50. The zero-order chi connectivity index (χ0) is 11.8. The van der Waals surface area contributed by atoms with Crippen LogP contribution in [-0.4, -0.2) is 17.4 Å². The van der Waals surface area contributed by atoms with E-state index in [-0.39, 0.29) is 6.42 Å². The molecular weight excluding hydrogens is 237 g/mol. The number of aliphatic hydroxyl groups excluding tert-OH is 1. The lowest BCUT2D eigenvalue weighted by Gasteiger charge is -2.17. The molecule has 1 aromatic rings. The lowest BCUT2D eigenvalue weighted by molar-refractivity contribution is -0.203. The molecule has 0 aliphatic heterocycles. The van der Waals surface area contributed by atoms with Crippen LogP contribution in [0.15, 0.2) is 5.38 Å². The van der Waals surface area contributed by atoms with Gasteiger partial charge >= 0.3 is 6.18 Å². The van der Waals surface area contributed by atoms with Gasteiger partial charge < -0.3 is 5.11 Å². The molecule has 0 saturated heterocycles. The summed E-state index contributed by atoms with van der Waals surface area (Å²) in [7, 11) is 0. The Hall–Kier alpha value is -0.550. The van der Waals surface area contributed by atoms with Gasteiger partial charge in [0.05, 0.1) is 0 Å². The average molecular weight is 250 g/mol. The highest BCUT2D eigenvalue weighted by atomic mass is 32.1. The summed E-state index contributed by atoms with van der Waals surface area (Å²) in [6.45, 7) is 0. The van der Waals surface area contributed by atoms with Crippen LogP contribution in [0, 0.1) is 0 Å². The molecule has 1 N–H and O–H groups in total. The van der Waals surface area contributed by atoms with Gasteiger partial charge in [-0.05, 0) is 42.2 Å². The van der Waals surface area contributed by atoms with Crippen molar-refractivity contribution in [1.82, 2.24) is 0 Å². The lowest BCUT2D eigenvalue weighted by atomic mass is 9.94. The number of rotatable bonds is 2. The van der Waals surface area contributed by atoms with E-state index >= 15 is 0 Å². The van der Waals surface area contributed by atoms with Gasteiger partial charge in [0.15, 0.2) is 6.10 Å². The molecule has 0 spiro atoms. The van der Waals surface area contributed by atoms with Crippen molar-refractivity contribution in [2.24, 2.45) is 0 Å². The topological polar surface area (TPSA) is 20.2 Å². The van der Waals surface area contributed by atoms with Gasteiger partial charge in [-0.15, -0.1) is 11.3 Å². The molecule has 1 aromatic heterocycles. The monoisotopic (exact) mass is 250 g/mol. The second-order valence-electron chi connectivity index (χ2n) is 4.13. The molecule has 90 valence electrons. The Bertz CT molecular complexity index is 370. The Morgan fingerprint density at radius 3 is 2.69 bits per heavy atom. The van der Waals surface area contributed by atoms with Gasteiger partial charge in [0, 0.05) is 11.3 Å². The summed E-state index contributed by atoms with van der Waals surface area (Å²) in [6.07, 6.45) is -3.04. The van der Waals surface area contributed by atoms with Crippen molar-refractivity contribution < 1.29 is 18.3 Å². The third kappa shape index (κ3) is 2.40. The van der Waals surface area contributed by atoms with Crippen LogP contribution in [0.3, 0.4) is 0 Å². The maximum atomic E-state index is 12.2. The molecule has 1 aliphatic rings. The molecular formula is C11H13F3OS. The molecule has 16 heavy (non-hydrogen) atoms. The van der Waals surface area contributed by atoms with Gasteiger partial charge in [0.2, 0.25) is 0 Å². The van der Waals surface area contributed by atoms with Crippen LogP contribution in [0.4, 0.5) is 13.2 Å². The predicted octanol–water partition coefficient (Wildman–Crippen LogP) is 3.09. The molecule has 1 heterocycles. The van der Waals surface area contributed by atoms with Gasteiger partial charge in [-0.2, -0.15) is 13.2 Å². The first-order valence-corrected chi connectivity index (χ1v) is 6.19. The molecule has 0 fully saturated rings. The average Bonchev–Trinajstić information content (AvgIpc) is 2.61. The number of hydrogen-bond acceptors (Lipinski definition) is 2. The maximum absolute atomic E-state index is 12.2. The second-order valence-corrected chi connectivity index (χ2v) is 5.10. The van der Waals surface area contributed by atoms with Crippen molar-refractivity contribution in [3.8, 4) is 0 Å². The predicted molar refractivity (Wildman–Crippen MR) is 56.7 cm³/mol.